The molecule has 0 aliphatic carbocycles. The highest BCUT2D eigenvalue weighted by Crippen LogP contribution is 2.28. The van der Waals surface area contributed by atoms with Crippen molar-refractivity contribution in [1.29, 1.82) is 0 Å². The van der Waals surface area contributed by atoms with Crippen LogP contribution in [0.4, 0.5) is 0 Å². The molecular weight excluding hydrogens is 294 g/mol. The molecule has 0 radical (unpaired) electrons. The summed E-state index contributed by atoms with van der Waals surface area (Å²) in [5, 5.41) is 0. The molecule has 5 nitrogen and oxygen atoms in total. The molecule has 0 saturated carbocycles. The van der Waals surface area contributed by atoms with Crippen LogP contribution < -0.4 is 9.47 Å². The van der Waals surface area contributed by atoms with Crippen LogP contribution in [0.15, 0.2) is 18.2 Å². The van der Waals surface area contributed by atoms with Gasteiger partial charge in [-0.25, -0.2) is 4.79 Å². The van der Waals surface area contributed by atoms with Crippen LogP contribution in [-0.4, -0.2) is 51.3 Å². The van der Waals surface area contributed by atoms with Gasteiger partial charge < -0.3 is 19.1 Å². The van der Waals surface area contributed by atoms with Gasteiger partial charge in [-0.1, -0.05) is 0 Å². The van der Waals surface area contributed by atoms with E-state index in [0.717, 1.165) is 25.9 Å². The van der Waals surface area contributed by atoms with Crippen molar-refractivity contribution in [2.24, 2.45) is 0 Å². The van der Waals surface area contributed by atoms with Gasteiger partial charge in [-0.3, -0.25) is 0 Å². The zero-order valence-corrected chi connectivity index (χ0v) is 13.4. The van der Waals surface area contributed by atoms with Gasteiger partial charge in [0.15, 0.2) is 11.5 Å². The molecule has 1 heterocycles. The second-order valence-corrected chi connectivity index (χ2v) is 4.98. The number of hydrogen-bond acceptors (Lipinski definition) is 5. The molecule has 1 saturated heterocycles. The van der Waals surface area contributed by atoms with E-state index in [2.05, 4.69) is 11.9 Å². The minimum absolute atomic E-state index is 0. The standard InChI is InChI=1S/C15H21NO4.ClH/c1-16-8-6-12(7-9-16)20-15(17)11-4-5-13(18-2)14(10-11)19-3;/h4-5,10,12H,6-9H2,1-3H3;1H. The Morgan fingerprint density at radius 2 is 1.76 bits per heavy atom. The third kappa shape index (κ3) is 4.51. The highest BCUT2D eigenvalue weighted by molar-refractivity contribution is 5.90. The summed E-state index contributed by atoms with van der Waals surface area (Å²) >= 11 is 0. The van der Waals surface area contributed by atoms with Crippen molar-refractivity contribution in [2.75, 3.05) is 34.4 Å². The van der Waals surface area contributed by atoms with E-state index in [-0.39, 0.29) is 24.5 Å². The Hall–Kier alpha value is -1.46. The molecule has 2 rings (SSSR count). The summed E-state index contributed by atoms with van der Waals surface area (Å²) in [7, 11) is 5.19. The van der Waals surface area contributed by atoms with Gasteiger partial charge in [0.05, 0.1) is 19.8 Å². The van der Waals surface area contributed by atoms with E-state index in [0.29, 0.717) is 17.1 Å². The van der Waals surface area contributed by atoms with Gasteiger partial charge in [-0.2, -0.15) is 0 Å². The molecule has 1 fully saturated rings. The Bertz CT molecular complexity index is 473. The number of carbonyl (C=O) groups is 1. The number of rotatable bonds is 4. The van der Waals surface area contributed by atoms with Crippen LogP contribution in [0, 0.1) is 0 Å². The summed E-state index contributed by atoms with van der Waals surface area (Å²) in [6.45, 7) is 1.92. The molecule has 0 atom stereocenters. The van der Waals surface area contributed by atoms with Crippen molar-refractivity contribution in [1.82, 2.24) is 4.90 Å². The highest BCUT2D eigenvalue weighted by Gasteiger charge is 2.21. The van der Waals surface area contributed by atoms with Gasteiger partial charge in [0, 0.05) is 13.1 Å². The molecule has 0 N–H and O–H groups in total. The fourth-order valence-electron chi connectivity index (χ4n) is 2.29. The Balaban J connectivity index is 0.00000220. The minimum atomic E-state index is -0.305. The summed E-state index contributed by atoms with van der Waals surface area (Å²) in [6, 6.07) is 5.05. The van der Waals surface area contributed by atoms with Gasteiger partial charge in [0.1, 0.15) is 6.10 Å². The fourth-order valence-corrected chi connectivity index (χ4v) is 2.29. The van der Waals surface area contributed by atoms with E-state index in [9.17, 15) is 4.79 Å². The predicted molar refractivity (Wildman–Crippen MR) is 82.7 cm³/mol. The first-order valence-electron chi connectivity index (χ1n) is 6.75. The third-order valence-corrected chi connectivity index (χ3v) is 3.56. The number of ether oxygens (including phenoxy) is 3. The predicted octanol–water partition coefficient (Wildman–Crippen LogP) is 2.38. The van der Waals surface area contributed by atoms with Crippen molar-refractivity contribution in [2.45, 2.75) is 18.9 Å². The van der Waals surface area contributed by atoms with Crippen molar-refractivity contribution < 1.29 is 19.0 Å². The first kappa shape index (κ1) is 17.6. The molecule has 0 unspecified atom stereocenters. The number of piperidine rings is 1. The van der Waals surface area contributed by atoms with Crippen LogP contribution in [0.25, 0.3) is 0 Å². The number of likely N-dealkylation sites (tertiary alicyclic amines) is 1. The third-order valence-electron chi connectivity index (χ3n) is 3.56. The number of nitrogens with zero attached hydrogens (tertiary/aromatic N) is 1. The van der Waals surface area contributed by atoms with Crippen LogP contribution in [0.2, 0.25) is 0 Å². The molecule has 1 aromatic carbocycles. The second-order valence-electron chi connectivity index (χ2n) is 4.98. The van der Waals surface area contributed by atoms with Gasteiger partial charge in [0.25, 0.3) is 0 Å². The number of halogens is 1. The quantitative estimate of drug-likeness (QED) is 0.798. The minimum Gasteiger partial charge on any atom is -0.493 e. The lowest BCUT2D eigenvalue weighted by atomic mass is 10.1. The summed E-state index contributed by atoms with van der Waals surface area (Å²) < 4.78 is 15.9. The lowest BCUT2D eigenvalue weighted by molar-refractivity contribution is 0.0139. The summed E-state index contributed by atoms with van der Waals surface area (Å²) in [5.74, 6) is 0.828. The van der Waals surface area contributed by atoms with Gasteiger partial charge in [-0.05, 0) is 38.1 Å². The van der Waals surface area contributed by atoms with Gasteiger partial charge in [0.2, 0.25) is 0 Å². The summed E-state index contributed by atoms with van der Waals surface area (Å²) in [6.07, 6.45) is 1.78. The molecule has 6 heteroatoms. The zero-order chi connectivity index (χ0) is 14.5. The maximum absolute atomic E-state index is 12.1. The van der Waals surface area contributed by atoms with Crippen LogP contribution >= 0.6 is 12.4 Å². The number of hydrogen-bond donors (Lipinski definition) is 0. The Labute approximate surface area is 131 Å². The van der Waals surface area contributed by atoms with Crippen molar-refractivity contribution in [3.8, 4) is 11.5 Å². The average Bonchev–Trinajstić information content (AvgIpc) is 2.48. The molecule has 1 aliphatic rings. The Kier molecular flexibility index (Phi) is 6.78. The fraction of sp³-hybridized carbons (Fsp3) is 0.533. The van der Waals surface area contributed by atoms with Crippen molar-refractivity contribution in [3.05, 3.63) is 23.8 Å². The molecule has 0 spiro atoms. The molecule has 0 bridgehead atoms. The highest BCUT2D eigenvalue weighted by atomic mass is 35.5. The maximum Gasteiger partial charge on any atom is 0.338 e. The van der Waals surface area contributed by atoms with Gasteiger partial charge >= 0.3 is 5.97 Å². The second kappa shape index (κ2) is 8.10. The van der Waals surface area contributed by atoms with E-state index in [1.807, 2.05) is 0 Å². The Morgan fingerprint density at radius 3 is 2.33 bits per heavy atom. The topological polar surface area (TPSA) is 48.0 Å². The summed E-state index contributed by atoms with van der Waals surface area (Å²) in [5.41, 5.74) is 0.488. The first-order chi connectivity index (χ1) is 9.63. The number of methoxy groups -OCH3 is 2. The van der Waals surface area contributed by atoms with Crippen molar-refractivity contribution in [3.63, 3.8) is 0 Å². The zero-order valence-electron chi connectivity index (χ0n) is 12.6. The monoisotopic (exact) mass is 315 g/mol. The van der Waals surface area contributed by atoms with E-state index in [1.165, 1.54) is 0 Å². The molecule has 21 heavy (non-hydrogen) atoms. The van der Waals surface area contributed by atoms with Crippen LogP contribution in [0.5, 0.6) is 11.5 Å². The molecule has 0 aromatic heterocycles. The largest absolute Gasteiger partial charge is 0.493 e. The first-order valence-corrected chi connectivity index (χ1v) is 6.75. The van der Waals surface area contributed by atoms with Crippen LogP contribution in [0.3, 0.4) is 0 Å². The van der Waals surface area contributed by atoms with E-state index < -0.39 is 0 Å². The lowest BCUT2D eigenvalue weighted by Crippen LogP contribution is -2.35. The lowest BCUT2D eigenvalue weighted by Gasteiger charge is -2.28. The van der Waals surface area contributed by atoms with E-state index in [4.69, 9.17) is 14.2 Å². The maximum atomic E-state index is 12.1. The molecule has 1 aliphatic heterocycles. The van der Waals surface area contributed by atoms with Crippen LogP contribution in [0.1, 0.15) is 23.2 Å². The normalized spacial score (nSPS) is 16.0. The smallest absolute Gasteiger partial charge is 0.338 e. The summed E-state index contributed by atoms with van der Waals surface area (Å²) in [4.78, 5) is 14.4. The van der Waals surface area contributed by atoms with E-state index in [1.54, 1.807) is 32.4 Å². The average molecular weight is 316 g/mol. The molecule has 0 amide bonds. The van der Waals surface area contributed by atoms with E-state index >= 15 is 0 Å². The molecule has 118 valence electrons. The van der Waals surface area contributed by atoms with Gasteiger partial charge in [-0.15, -0.1) is 12.4 Å². The van der Waals surface area contributed by atoms with Crippen molar-refractivity contribution >= 4 is 18.4 Å². The Morgan fingerprint density at radius 1 is 1.14 bits per heavy atom. The molecular formula is C15H22ClNO4. The number of benzene rings is 1. The SMILES string of the molecule is COc1ccc(C(=O)OC2CCN(C)CC2)cc1OC.Cl. The molecule has 1 aromatic rings. The number of esters is 1. The van der Waals surface area contributed by atoms with Crippen LogP contribution in [-0.2, 0) is 4.74 Å². The number of carbonyl (C=O) groups excluding carboxylic acids is 1.